The topological polar surface area (TPSA) is 18.8 Å². The normalized spacial score (nSPS) is 15.3. The molecule has 0 fully saturated rings. The van der Waals surface area contributed by atoms with Gasteiger partial charge in [-0.1, -0.05) is 41.4 Å². The van der Waals surface area contributed by atoms with E-state index in [1.807, 2.05) is 12.1 Å². The SMILES string of the molecule is Cl.Clc1ccc(CN2C3=NCCN3c3ccccc32)c(Cl)c1. The average molecular weight is 355 g/mol. The Morgan fingerprint density at radius 2 is 1.82 bits per heavy atom. The van der Waals surface area contributed by atoms with Gasteiger partial charge in [-0.2, -0.15) is 0 Å². The molecule has 0 unspecified atom stereocenters. The largest absolute Gasteiger partial charge is 0.308 e. The smallest absolute Gasteiger partial charge is 0.206 e. The summed E-state index contributed by atoms with van der Waals surface area (Å²) < 4.78 is 0. The molecule has 22 heavy (non-hydrogen) atoms. The van der Waals surface area contributed by atoms with Crippen LogP contribution in [0.15, 0.2) is 47.5 Å². The summed E-state index contributed by atoms with van der Waals surface area (Å²) >= 11 is 12.3. The maximum absolute atomic E-state index is 6.31. The maximum atomic E-state index is 6.31. The fourth-order valence-electron chi connectivity index (χ4n) is 2.90. The molecule has 0 bridgehead atoms. The Morgan fingerprint density at radius 3 is 2.59 bits per heavy atom. The molecule has 0 saturated carbocycles. The van der Waals surface area contributed by atoms with Crippen molar-refractivity contribution in [3.05, 3.63) is 58.1 Å². The molecule has 4 rings (SSSR count). The Bertz CT molecular complexity index is 745. The van der Waals surface area contributed by atoms with Crippen LogP contribution in [0.1, 0.15) is 5.56 Å². The van der Waals surface area contributed by atoms with E-state index in [2.05, 4.69) is 39.1 Å². The molecular formula is C16H14Cl3N3. The summed E-state index contributed by atoms with van der Waals surface area (Å²) in [7, 11) is 0. The predicted octanol–water partition coefficient (Wildman–Crippen LogP) is 4.61. The minimum atomic E-state index is 0. The lowest BCUT2D eigenvalue weighted by Crippen LogP contribution is -2.35. The fourth-order valence-corrected chi connectivity index (χ4v) is 3.37. The van der Waals surface area contributed by atoms with Crippen LogP contribution < -0.4 is 9.80 Å². The number of para-hydroxylation sites is 2. The van der Waals surface area contributed by atoms with Gasteiger partial charge >= 0.3 is 0 Å². The molecule has 0 saturated heterocycles. The highest BCUT2D eigenvalue weighted by molar-refractivity contribution is 6.35. The standard InChI is InChI=1S/C16H13Cl2N3.ClH/c17-12-6-5-11(13(18)9-12)10-21-15-4-2-1-3-14(15)20-8-7-19-16(20)21;/h1-6,9H,7-8,10H2;1H. The summed E-state index contributed by atoms with van der Waals surface area (Å²) in [5.74, 6) is 1.02. The minimum Gasteiger partial charge on any atom is -0.308 e. The van der Waals surface area contributed by atoms with Crippen molar-refractivity contribution in [1.29, 1.82) is 0 Å². The Hall–Kier alpha value is -1.42. The van der Waals surface area contributed by atoms with E-state index in [9.17, 15) is 0 Å². The van der Waals surface area contributed by atoms with Crippen molar-refractivity contribution >= 4 is 52.9 Å². The maximum Gasteiger partial charge on any atom is 0.206 e. The van der Waals surface area contributed by atoms with Crippen LogP contribution in [0.4, 0.5) is 11.4 Å². The second-order valence-corrected chi connectivity index (χ2v) is 5.99. The van der Waals surface area contributed by atoms with Crippen LogP contribution in [0.25, 0.3) is 0 Å². The number of aliphatic imine (C=N–C) groups is 1. The molecule has 3 nitrogen and oxygen atoms in total. The number of halogens is 3. The van der Waals surface area contributed by atoms with E-state index in [-0.39, 0.29) is 12.4 Å². The highest BCUT2D eigenvalue weighted by Gasteiger charge is 2.34. The van der Waals surface area contributed by atoms with E-state index < -0.39 is 0 Å². The van der Waals surface area contributed by atoms with Crippen LogP contribution >= 0.6 is 35.6 Å². The van der Waals surface area contributed by atoms with Gasteiger partial charge in [0.1, 0.15) is 0 Å². The van der Waals surface area contributed by atoms with Gasteiger partial charge in [-0.15, -0.1) is 12.4 Å². The Morgan fingerprint density at radius 1 is 1.05 bits per heavy atom. The molecule has 2 aliphatic heterocycles. The van der Waals surface area contributed by atoms with Crippen molar-refractivity contribution in [2.45, 2.75) is 6.54 Å². The molecule has 2 aromatic rings. The number of benzene rings is 2. The van der Waals surface area contributed by atoms with Gasteiger partial charge in [0.25, 0.3) is 0 Å². The number of hydrogen-bond donors (Lipinski definition) is 0. The van der Waals surface area contributed by atoms with Gasteiger partial charge < -0.3 is 9.80 Å². The van der Waals surface area contributed by atoms with Gasteiger partial charge in [0.2, 0.25) is 5.96 Å². The van der Waals surface area contributed by atoms with Crippen LogP contribution in [0.2, 0.25) is 10.0 Å². The van der Waals surface area contributed by atoms with Crippen LogP contribution in [-0.2, 0) is 6.54 Å². The third kappa shape index (κ3) is 2.43. The van der Waals surface area contributed by atoms with Crippen LogP contribution in [-0.4, -0.2) is 19.0 Å². The second-order valence-electron chi connectivity index (χ2n) is 5.14. The highest BCUT2D eigenvalue weighted by Crippen LogP contribution is 2.39. The van der Waals surface area contributed by atoms with Crippen molar-refractivity contribution in [2.24, 2.45) is 4.99 Å². The summed E-state index contributed by atoms with van der Waals surface area (Å²) in [6.45, 7) is 2.48. The molecule has 0 spiro atoms. The predicted molar refractivity (Wildman–Crippen MR) is 96.0 cm³/mol. The molecule has 0 aliphatic carbocycles. The zero-order valence-electron chi connectivity index (χ0n) is 11.7. The first-order valence-electron chi connectivity index (χ1n) is 6.86. The number of hydrogen-bond acceptors (Lipinski definition) is 3. The van der Waals surface area contributed by atoms with E-state index in [0.717, 1.165) is 24.6 Å². The fraction of sp³-hybridized carbons (Fsp3) is 0.188. The van der Waals surface area contributed by atoms with Crippen LogP contribution in [0, 0.1) is 0 Å². The number of anilines is 2. The first kappa shape index (κ1) is 15.5. The quantitative estimate of drug-likeness (QED) is 0.784. The average Bonchev–Trinajstić information content (AvgIpc) is 3.04. The Kier molecular flexibility index (Phi) is 4.22. The summed E-state index contributed by atoms with van der Waals surface area (Å²) in [4.78, 5) is 9.12. The molecule has 0 amide bonds. The zero-order chi connectivity index (χ0) is 14.4. The third-order valence-corrected chi connectivity index (χ3v) is 4.45. The Labute approximate surface area is 145 Å². The van der Waals surface area contributed by atoms with E-state index in [0.29, 0.717) is 16.6 Å². The number of nitrogens with zero attached hydrogens (tertiary/aromatic N) is 3. The van der Waals surface area contributed by atoms with Crippen LogP contribution in [0.3, 0.4) is 0 Å². The number of guanidine groups is 1. The molecule has 2 aliphatic rings. The van der Waals surface area contributed by atoms with Gasteiger partial charge in [-0.25, -0.2) is 0 Å². The van der Waals surface area contributed by atoms with Gasteiger partial charge in [0.15, 0.2) is 0 Å². The Balaban J connectivity index is 0.00000144. The molecule has 0 N–H and O–H groups in total. The van der Waals surface area contributed by atoms with Gasteiger partial charge in [-0.05, 0) is 29.8 Å². The van der Waals surface area contributed by atoms with Crippen molar-refractivity contribution in [3.8, 4) is 0 Å². The molecular weight excluding hydrogens is 341 g/mol. The molecule has 2 aromatic carbocycles. The second kappa shape index (κ2) is 5.99. The van der Waals surface area contributed by atoms with Crippen molar-refractivity contribution in [2.75, 3.05) is 22.9 Å². The van der Waals surface area contributed by atoms with E-state index in [4.69, 9.17) is 23.2 Å². The lowest BCUT2D eigenvalue weighted by Gasteiger charge is -2.20. The minimum absolute atomic E-state index is 0. The van der Waals surface area contributed by atoms with Crippen molar-refractivity contribution in [3.63, 3.8) is 0 Å². The molecule has 0 radical (unpaired) electrons. The zero-order valence-corrected chi connectivity index (χ0v) is 14.0. The van der Waals surface area contributed by atoms with Gasteiger partial charge in [0, 0.05) is 16.6 Å². The highest BCUT2D eigenvalue weighted by atomic mass is 35.5. The molecule has 2 heterocycles. The summed E-state index contributed by atoms with van der Waals surface area (Å²) in [6.07, 6.45) is 0. The molecule has 0 aromatic heterocycles. The monoisotopic (exact) mass is 353 g/mol. The summed E-state index contributed by atoms with van der Waals surface area (Å²) in [5.41, 5.74) is 3.45. The van der Waals surface area contributed by atoms with Gasteiger partial charge in [0.05, 0.1) is 24.5 Å². The summed E-state index contributed by atoms with van der Waals surface area (Å²) in [6, 6.07) is 14.0. The lowest BCUT2D eigenvalue weighted by atomic mass is 10.2. The van der Waals surface area contributed by atoms with E-state index in [1.54, 1.807) is 6.07 Å². The van der Waals surface area contributed by atoms with Crippen LogP contribution in [0.5, 0.6) is 0 Å². The van der Waals surface area contributed by atoms with E-state index >= 15 is 0 Å². The first-order chi connectivity index (χ1) is 10.2. The first-order valence-corrected chi connectivity index (χ1v) is 7.62. The molecule has 6 heteroatoms. The molecule has 0 atom stereocenters. The number of fused-ring (bicyclic) bond motifs is 3. The van der Waals surface area contributed by atoms with E-state index in [1.165, 1.54) is 11.4 Å². The third-order valence-electron chi connectivity index (χ3n) is 3.87. The summed E-state index contributed by atoms with van der Waals surface area (Å²) in [5, 5.41) is 1.35. The van der Waals surface area contributed by atoms with Gasteiger partial charge in [-0.3, -0.25) is 4.99 Å². The van der Waals surface area contributed by atoms with Crippen molar-refractivity contribution in [1.82, 2.24) is 0 Å². The lowest BCUT2D eigenvalue weighted by molar-refractivity contribution is 1.01. The van der Waals surface area contributed by atoms with Crippen molar-refractivity contribution < 1.29 is 0 Å². The number of rotatable bonds is 2. The molecule has 114 valence electrons.